The monoisotopic (exact) mass is 262 g/mol. The van der Waals surface area contributed by atoms with Gasteiger partial charge in [0.2, 0.25) is 0 Å². The smallest absolute Gasteiger partial charge is 0.309 e. The zero-order chi connectivity index (χ0) is 13.0. The average molecular weight is 262 g/mol. The minimum absolute atomic E-state index is 0.0185. The molecule has 1 heterocycles. The molecule has 1 aromatic heterocycles. The number of benzene rings is 1. The number of aryl methyl sites for hydroxylation is 1. The van der Waals surface area contributed by atoms with Crippen LogP contribution < -0.4 is 5.32 Å². The molecule has 0 bridgehead atoms. The second-order valence-electron chi connectivity index (χ2n) is 3.93. The second kappa shape index (κ2) is 5.64. The van der Waals surface area contributed by atoms with Crippen molar-refractivity contribution in [2.24, 2.45) is 0 Å². The van der Waals surface area contributed by atoms with Crippen LogP contribution in [0.5, 0.6) is 0 Å². The quantitative estimate of drug-likeness (QED) is 0.869. The van der Waals surface area contributed by atoms with E-state index in [9.17, 15) is 4.79 Å². The molecule has 0 unspecified atom stereocenters. The number of anilines is 1. The van der Waals surface area contributed by atoms with Gasteiger partial charge in [0.05, 0.1) is 12.1 Å². The fraction of sp³-hybridized carbons (Fsp3) is 0.231. The highest BCUT2D eigenvalue weighted by atomic mass is 32.1. The van der Waals surface area contributed by atoms with Crippen molar-refractivity contribution in [3.05, 3.63) is 46.5 Å². The number of aliphatic carboxylic acids is 1. The summed E-state index contributed by atoms with van der Waals surface area (Å²) in [5.74, 6) is -0.849. The summed E-state index contributed by atoms with van der Waals surface area (Å²) < 4.78 is 0. The molecule has 94 valence electrons. The number of hydrogen-bond acceptors (Lipinski definition) is 4. The standard InChI is InChI=1S/C13H14N2O2S/c1-9-11(7-12(16)17)15-13(18-9)14-8-10-5-3-2-4-6-10/h2-6H,7-8H2,1H3,(H,14,15)(H,16,17). The summed E-state index contributed by atoms with van der Waals surface area (Å²) in [5, 5.41) is 12.7. The summed E-state index contributed by atoms with van der Waals surface area (Å²) in [7, 11) is 0. The molecule has 2 rings (SSSR count). The highest BCUT2D eigenvalue weighted by Crippen LogP contribution is 2.22. The zero-order valence-corrected chi connectivity index (χ0v) is 10.8. The van der Waals surface area contributed by atoms with Gasteiger partial charge < -0.3 is 10.4 Å². The van der Waals surface area contributed by atoms with E-state index in [1.54, 1.807) is 0 Å². The Labute approximate surface area is 109 Å². The molecule has 0 spiro atoms. The number of carboxylic acids is 1. The van der Waals surface area contributed by atoms with E-state index in [0.29, 0.717) is 12.2 Å². The lowest BCUT2D eigenvalue weighted by molar-refractivity contribution is -0.136. The first-order valence-corrected chi connectivity index (χ1v) is 6.42. The Morgan fingerprint density at radius 1 is 1.39 bits per heavy atom. The maximum absolute atomic E-state index is 10.7. The highest BCUT2D eigenvalue weighted by molar-refractivity contribution is 7.15. The summed E-state index contributed by atoms with van der Waals surface area (Å²) in [5.41, 5.74) is 1.81. The van der Waals surface area contributed by atoms with Crippen LogP contribution in [-0.4, -0.2) is 16.1 Å². The first-order chi connectivity index (χ1) is 8.65. The molecule has 1 aromatic carbocycles. The number of thiazole rings is 1. The van der Waals surface area contributed by atoms with Crippen molar-refractivity contribution in [3.63, 3.8) is 0 Å². The van der Waals surface area contributed by atoms with Gasteiger partial charge in [-0.2, -0.15) is 0 Å². The van der Waals surface area contributed by atoms with Crippen LogP contribution in [0.2, 0.25) is 0 Å². The van der Waals surface area contributed by atoms with Crippen LogP contribution in [0.15, 0.2) is 30.3 Å². The van der Waals surface area contributed by atoms with Gasteiger partial charge in [-0.05, 0) is 12.5 Å². The Morgan fingerprint density at radius 2 is 2.11 bits per heavy atom. The van der Waals surface area contributed by atoms with Crippen LogP contribution in [0.25, 0.3) is 0 Å². The van der Waals surface area contributed by atoms with Crippen LogP contribution in [0, 0.1) is 6.92 Å². The third kappa shape index (κ3) is 3.30. The van der Waals surface area contributed by atoms with E-state index in [4.69, 9.17) is 5.11 Å². The maximum atomic E-state index is 10.7. The normalized spacial score (nSPS) is 10.3. The van der Waals surface area contributed by atoms with Crippen molar-refractivity contribution in [1.82, 2.24) is 4.98 Å². The number of carboxylic acid groups (broad SMARTS) is 1. The molecule has 0 amide bonds. The molecule has 0 aliphatic heterocycles. The molecule has 0 fully saturated rings. The molecule has 2 N–H and O–H groups in total. The van der Waals surface area contributed by atoms with Gasteiger partial charge >= 0.3 is 5.97 Å². The van der Waals surface area contributed by atoms with Crippen molar-refractivity contribution in [2.75, 3.05) is 5.32 Å². The van der Waals surface area contributed by atoms with Crippen LogP contribution in [0.1, 0.15) is 16.1 Å². The fourth-order valence-electron chi connectivity index (χ4n) is 1.58. The van der Waals surface area contributed by atoms with Crippen molar-refractivity contribution in [2.45, 2.75) is 19.9 Å². The van der Waals surface area contributed by atoms with E-state index in [2.05, 4.69) is 10.3 Å². The fourth-order valence-corrected chi connectivity index (χ4v) is 2.41. The summed E-state index contributed by atoms with van der Waals surface area (Å²) in [6, 6.07) is 10.0. The summed E-state index contributed by atoms with van der Waals surface area (Å²) in [6.45, 7) is 2.59. The zero-order valence-electron chi connectivity index (χ0n) is 10.0. The van der Waals surface area contributed by atoms with Crippen molar-refractivity contribution < 1.29 is 9.90 Å². The maximum Gasteiger partial charge on any atom is 0.309 e. The Hall–Kier alpha value is -1.88. The molecule has 0 atom stereocenters. The lowest BCUT2D eigenvalue weighted by atomic mass is 10.2. The second-order valence-corrected chi connectivity index (χ2v) is 5.13. The third-order valence-corrected chi connectivity index (χ3v) is 3.47. The third-order valence-electron chi connectivity index (χ3n) is 2.50. The topological polar surface area (TPSA) is 62.2 Å². The number of hydrogen-bond donors (Lipinski definition) is 2. The molecule has 0 radical (unpaired) electrons. The van der Waals surface area contributed by atoms with Crippen LogP contribution in [0.3, 0.4) is 0 Å². The van der Waals surface area contributed by atoms with Gasteiger partial charge in [-0.25, -0.2) is 4.98 Å². The van der Waals surface area contributed by atoms with E-state index >= 15 is 0 Å². The Bertz CT molecular complexity index is 537. The van der Waals surface area contributed by atoms with Gasteiger partial charge in [0.1, 0.15) is 0 Å². The number of aromatic nitrogens is 1. The van der Waals surface area contributed by atoms with Gasteiger partial charge in [-0.15, -0.1) is 11.3 Å². The molecule has 5 heteroatoms. The Balaban J connectivity index is 2.00. The molecule has 4 nitrogen and oxygen atoms in total. The van der Waals surface area contributed by atoms with E-state index in [1.165, 1.54) is 16.9 Å². The SMILES string of the molecule is Cc1sc(NCc2ccccc2)nc1CC(=O)O. The van der Waals surface area contributed by atoms with Crippen molar-refractivity contribution in [1.29, 1.82) is 0 Å². The molecular formula is C13H14N2O2S. The molecule has 0 saturated heterocycles. The molecule has 18 heavy (non-hydrogen) atoms. The average Bonchev–Trinajstić information content (AvgIpc) is 2.68. The minimum atomic E-state index is -0.849. The van der Waals surface area contributed by atoms with Crippen LogP contribution >= 0.6 is 11.3 Å². The first-order valence-electron chi connectivity index (χ1n) is 5.61. The van der Waals surface area contributed by atoms with E-state index < -0.39 is 5.97 Å². The number of carbonyl (C=O) groups is 1. The van der Waals surface area contributed by atoms with E-state index in [1.807, 2.05) is 37.3 Å². The van der Waals surface area contributed by atoms with Gasteiger partial charge in [-0.3, -0.25) is 4.79 Å². The molecule has 0 aliphatic carbocycles. The lowest BCUT2D eigenvalue weighted by Gasteiger charge is -2.01. The number of nitrogens with one attached hydrogen (secondary N) is 1. The molecule has 0 aliphatic rings. The summed E-state index contributed by atoms with van der Waals surface area (Å²) >= 11 is 1.49. The van der Waals surface area contributed by atoms with Gasteiger partial charge in [0.25, 0.3) is 0 Å². The largest absolute Gasteiger partial charge is 0.481 e. The first kappa shape index (κ1) is 12.6. The van der Waals surface area contributed by atoms with Crippen LogP contribution in [0.4, 0.5) is 5.13 Å². The summed E-state index contributed by atoms with van der Waals surface area (Å²) in [4.78, 5) is 15.9. The van der Waals surface area contributed by atoms with E-state index in [-0.39, 0.29) is 6.42 Å². The van der Waals surface area contributed by atoms with Gasteiger partial charge in [-0.1, -0.05) is 30.3 Å². The highest BCUT2D eigenvalue weighted by Gasteiger charge is 2.10. The molecule has 0 saturated carbocycles. The van der Waals surface area contributed by atoms with E-state index in [0.717, 1.165) is 10.0 Å². The van der Waals surface area contributed by atoms with Crippen molar-refractivity contribution in [3.8, 4) is 0 Å². The molecule has 2 aromatic rings. The minimum Gasteiger partial charge on any atom is -0.481 e. The van der Waals surface area contributed by atoms with Gasteiger partial charge in [0.15, 0.2) is 5.13 Å². The number of nitrogens with zero attached hydrogens (tertiary/aromatic N) is 1. The van der Waals surface area contributed by atoms with Crippen LogP contribution in [-0.2, 0) is 17.8 Å². The molecular weight excluding hydrogens is 248 g/mol. The number of rotatable bonds is 5. The van der Waals surface area contributed by atoms with Crippen molar-refractivity contribution >= 4 is 22.4 Å². The predicted molar refractivity (Wildman–Crippen MR) is 72.0 cm³/mol. The lowest BCUT2D eigenvalue weighted by Crippen LogP contribution is -2.02. The predicted octanol–water partition coefficient (Wildman–Crippen LogP) is 2.69. The summed E-state index contributed by atoms with van der Waals surface area (Å²) in [6.07, 6.45) is -0.0185. The Morgan fingerprint density at radius 3 is 2.78 bits per heavy atom. The Kier molecular flexibility index (Phi) is 3.94. The van der Waals surface area contributed by atoms with Gasteiger partial charge in [0, 0.05) is 11.4 Å².